The molecule has 0 aromatic heterocycles. The molecule has 5 nitrogen and oxygen atoms in total. The van der Waals surface area contributed by atoms with Crippen LogP contribution in [0.2, 0.25) is 0 Å². The van der Waals surface area contributed by atoms with E-state index in [4.69, 9.17) is 19.0 Å². The Balaban J connectivity index is 2.01. The van der Waals surface area contributed by atoms with Crippen LogP contribution in [0.1, 0.15) is 18.0 Å². The normalized spacial score (nSPS) is 18.0. The highest BCUT2D eigenvalue weighted by Gasteiger charge is 2.22. The number of hydrogen-bond donors (Lipinski definition) is 1. The first-order valence-corrected chi connectivity index (χ1v) is 6.02. The fraction of sp³-hybridized carbons (Fsp3) is 0.538. The lowest BCUT2D eigenvalue weighted by molar-refractivity contribution is -0.0192. The van der Waals surface area contributed by atoms with Crippen LogP contribution in [-0.2, 0) is 9.57 Å². The van der Waals surface area contributed by atoms with E-state index in [0.717, 1.165) is 23.5 Å². The molecule has 1 heterocycles. The maximum atomic E-state index is 5.60. The van der Waals surface area contributed by atoms with Gasteiger partial charge in [-0.3, -0.25) is 4.84 Å². The molecule has 1 aliphatic rings. The number of methoxy groups -OCH3 is 2. The van der Waals surface area contributed by atoms with Gasteiger partial charge in [0.05, 0.1) is 33.0 Å². The molecule has 0 fully saturated rings. The SMILES string of the molecule is COCCONC1CCOc2ccc(OC)cc21. The van der Waals surface area contributed by atoms with Gasteiger partial charge < -0.3 is 14.2 Å². The fourth-order valence-corrected chi connectivity index (χ4v) is 1.91. The minimum Gasteiger partial charge on any atom is -0.497 e. The maximum absolute atomic E-state index is 5.60. The van der Waals surface area contributed by atoms with E-state index in [0.29, 0.717) is 19.8 Å². The molecule has 100 valence electrons. The molecule has 0 aliphatic carbocycles. The predicted octanol–water partition coefficient (Wildman–Crippen LogP) is 1.69. The van der Waals surface area contributed by atoms with Gasteiger partial charge in [-0.25, -0.2) is 0 Å². The number of hydrogen-bond acceptors (Lipinski definition) is 5. The van der Waals surface area contributed by atoms with Crippen LogP contribution in [0, 0.1) is 0 Å². The van der Waals surface area contributed by atoms with Crippen LogP contribution in [0.15, 0.2) is 18.2 Å². The zero-order valence-electron chi connectivity index (χ0n) is 10.8. The van der Waals surface area contributed by atoms with Gasteiger partial charge in [-0.15, -0.1) is 0 Å². The predicted molar refractivity (Wildman–Crippen MR) is 66.8 cm³/mol. The Kier molecular flexibility index (Phi) is 4.81. The van der Waals surface area contributed by atoms with E-state index in [-0.39, 0.29) is 6.04 Å². The molecule has 1 aliphatic heterocycles. The summed E-state index contributed by atoms with van der Waals surface area (Å²) in [6.45, 7) is 1.78. The van der Waals surface area contributed by atoms with Gasteiger partial charge in [0, 0.05) is 19.1 Å². The minimum absolute atomic E-state index is 0.126. The molecule has 0 radical (unpaired) electrons. The van der Waals surface area contributed by atoms with E-state index in [1.165, 1.54) is 0 Å². The number of ether oxygens (including phenoxy) is 3. The highest BCUT2D eigenvalue weighted by atomic mass is 16.7. The van der Waals surface area contributed by atoms with Crippen molar-refractivity contribution in [2.75, 3.05) is 34.0 Å². The molecule has 18 heavy (non-hydrogen) atoms. The van der Waals surface area contributed by atoms with Crippen LogP contribution in [0.25, 0.3) is 0 Å². The second-order valence-corrected chi connectivity index (χ2v) is 4.05. The lowest BCUT2D eigenvalue weighted by atomic mass is 10.0. The quantitative estimate of drug-likeness (QED) is 0.617. The molecule has 2 rings (SSSR count). The average molecular weight is 253 g/mol. The van der Waals surface area contributed by atoms with Crippen molar-refractivity contribution in [2.45, 2.75) is 12.5 Å². The smallest absolute Gasteiger partial charge is 0.124 e. The van der Waals surface area contributed by atoms with E-state index in [2.05, 4.69) is 5.48 Å². The standard InChI is InChI=1S/C13H19NO4/c1-15-7-8-18-14-12-5-6-17-13-4-3-10(16-2)9-11(12)13/h3-4,9,12,14H,5-8H2,1-2H3. The Hall–Kier alpha value is -1.30. The molecule has 0 amide bonds. The Morgan fingerprint density at radius 3 is 3.00 bits per heavy atom. The third kappa shape index (κ3) is 3.13. The Bertz CT molecular complexity index is 383. The van der Waals surface area contributed by atoms with Gasteiger partial charge in [0.15, 0.2) is 0 Å². The van der Waals surface area contributed by atoms with Gasteiger partial charge in [0.1, 0.15) is 11.5 Å². The Labute approximate surface area is 107 Å². The van der Waals surface area contributed by atoms with Crippen molar-refractivity contribution in [3.63, 3.8) is 0 Å². The zero-order chi connectivity index (χ0) is 12.8. The van der Waals surface area contributed by atoms with E-state index >= 15 is 0 Å². The van der Waals surface area contributed by atoms with Crippen molar-refractivity contribution >= 4 is 0 Å². The van der Waals surface area contributed by atoms with Crippen molar-refractivity contribution in [1.29, 1.82) is 0 Å². The molecule has 1 N–H and O–H groups in total. The highest BCUT2D eigenvalue weighted by molar-refractivity contribution is 5.43. The summed E-state index contributed by atoms with van der Waals surface area (Å²) in [5.41, 5.74) is 4.12. The summed E-state index contributed by atoms with van der Waals surface area (Å²) in [7, 11) is 3.31. The highest BCUT2D eigenvalue weighted by Crippen LogP contribution is 2.34. The Morgan fingerprint density at radius 2 is 2.22 bits per heavy atom. The molecule has 0 saturated carbocycles. The minimum atomic E-state index is 0.126. The summed E-state index contributed by atoms with van der Waals surface area (Å²) < 4.78 is 15.8. The lowest BCUT2D eigenvalue weighted by Gasteiger charge is -2.26. The molecular weight excluding hydrogens is 234 g/mol. The third-order valence-electron chi connectivity index (χ3n) is 2.87. The fourth-order valence-electron chi connectivity index (χ4n) is 1.91. The first-order valence-electron chi connectivity index (χ1n) is 6.02. The van der Waals surface area contributed by atoms with Crippen molar-refractivity contribution in [1.82, 2.24) is 5.48 Å². The number of nitrogens with one attached hydrogen (secondary N) is 1. The molecule has 0 spiro atoms. The molecular formula is C13H19NO4. The van der Waals surface area contributed by atoms with Crippen molar-refractivity contribution in [3.05, 3.63) is 23.8 Å². The first-order chi connectivity index (χ1) is 8.85. The molecule has 1 atom stereocenters. The maximum Gasteiger partial charge on any atom is 0.124 e. The van der Waals surface area contributed by atoms with Crippen molar-refractivity contribution in [2.24, 2.45) is 0 Å². The molecule has 1 aromatic rings. The van der Waals surface area contributed by atoms with Crippen LogP contribution >= 0.6 is 0 Å². The second-order valence-electron chi connectivity index (χ2n) is 4.05. The summed E-state index contributed by atoms with van der Waals surface area (Å²) in [4.78, 5) is 5.37. The molecule has 1 unspecified atom stereocenters. The van der Waals surface area contributed by atoms with Crippen molar-refractivity contribution < 1.29 is 19.0 Å². The van der Waals surface area contributed by atoms with Crippen LogP contribution in [-0.4, -0.2) is 34.0 Å². The van der Waals surface area contributed by atoms with Crippen LogP contribution in [0.4, 0.5) is 0 Å². The van der Waals surface area contributed by atoms with Gasteiger partial charge >= 0.3 is 0 Å². The summed E-state index contributed by atoms with van der Waals surface area (Å²) in [5.74, 6) is 1.71. The van der Waals surface area contributed by atoms with Crippen LogP contribution in [0.3, 0.4) is 0 Å². The van der Waals surface area contributed by atoms with Gasteiger partial charge in [0.2, 0.25) is 0 Å². The molecule has 0 bridgehead atoms. The number of hydroxylamine groups is 1. The topological polar surface area (TPSA) is 49.0 Å². The summed E-state index contributed by atoms with van der Waals surface area (Å²) in [6, 6.07) is 5.93. The molecule has 0 saturated heterocycles. The Morgan fingerprint density at radius 1 is 1.33 bits per heavy atom. The summed E-state index contributed by atoms with van der Waals surface area (Å²) >= 11 is 0. The van der Waals surface area contributed by atoms with E-state index < -0.39 is 0 Å². The number of rotatable bonds is 6. The zero-order valence-corrected chi connectivity index (χ0v) is 10.8. The van der Waals surface area contributed by atoms with Gasteiger partial charge in [-0.1, -0.05) is 0 Å². The van der Waals surface area contributed by atoms with Crippen molar-refractivity contribution in [3.8, 4) is 11.5 Å². The first kappa shape index (κ1) is 13.1. The summed E-state index contributed by atoms with van der Waals surface area (Å²) in [5, 5.41) is 0. The monoisotopic (exact) mass is 253 g/mol. The van der Waals surface area contributed by atoms with E-state index in [1.807, 2.05) is 18.2 Å². The lowest BCUT2D eigenvalue weighted by Crippen LogP contribution is -2.28. The van der Waals surface area contributed by atoms with E-state index in [1.54, 1.807) is 14.2 Å². The van der Waals surface area contributed by atoms with Gasteiger partial charge in [-0.05, 0) is 18.2 Å². The summed E-state index contributed by atoms with van der Waals surface area (Å²) in [6.07, 6.45) is 0.868. The van der Waals surface area contributed by atoms with Gasteiger partial charge in [-0.2, -0.15) is 5.48 Å². The molecule has 5 heteroatoms. The van der Waals surface area contributed by atoms with Crippen LogP contribution in [0.5, 0.6) is 11.5 Å². The largest absolute Gasteiger partial charge is 0.497 e. The average Bonchev–Trinajstić information content (AvgIpc) is 2.43. The third-order valence-corrected chi connectivity index (χ3v) is 2.87. The van der Waals surface area contributed by atoms with Crippen LogP contribution < -0.4 is 15.0 Å². The number of benzene rings is 1. The molecule has 1 aromatic carbocycles. The van der Waals surface area contributed by atoms with Gasteiger partial charge in [0.25, 0.3) is 0 Å². The number of fused-ring (bicyclic) bond motifs is 1. The second kappa shape index (κ2) is 6.58. The van der Waals surface area contributed by atoms with E-state index in [9.17, 15) is 0 Å².